The molecule has 7 nitrogen and oxygen atoms in total. The van der Waals surface area contributed by atoms with Crippen LogP contribution < -0.4 is 17.0 Å². The zero-order valence-electron chi connectivity index (χ0n) is 8.43. The third kappa shape index (κ3) is 3.78. The predicted octanol–water partition coefficient (Wildman–Crippen LogP) is -0.869. The highest BCUT2D eigenvalue weighted by molar-refractivity contribution is 7.15. The Morgan fingerprint density at radius 1 is 1.60 bits per heavy atom. The summed E-state index contributed by atoms with van der Waals surface area (Å²) in [6.45, 7) is 3.46. The van der Waals surface area contributed by atoms with Crippen LogP contribution in [0.2, 0.25) is 0 Å². The van der Waals surface area contributed by atoms with E-state index in [4.69, 9.17) is 11.6 Å². The molecule has 1 rings (SSSR count). The van der Waals surface area contributed by atoms with E-state index in [0.717, 1.165) is 11.6 Å². The summed E-state index contributed by atoms with van der Waals surface area (Å²) in [5, 5.41) is 9.06. The minimum atomic E-state index is -0.349. The molecule has 0 aliphatic carbocycles. The molecule has 0 bridgehead atoms. The van der Waals surface area contributed by atoms with Crippen LogP contribution >= 0.6 is 11.3 Å². The van der Waals surface area contributed by atoms with E-state index in [0.29, 0.717) is 11.7 Å². The number of nitrogens with two attached hydrogens (primary N) is 2. The van der Waals surface area contributed by atoms with Crippen molar-refractivity contribution < 1.29 is 4.79 Å². The van der Waals surface area contributed by atoms with E-state index in [1.54, 1.807) is 0 Å². The largest absolute Gasteiger partial charge is 0.369 e. The maximum Gasteiger partial charge on any atom is 0.231 e. The summed E-state index contributed by atoms with van der Waals surface area (Å²) in [5.41, 5.74) is 7.52. The number of hydrazine groups is 1. The van der Waals surface area contributed by atoms with Gasteiger partial charge in [0.05, 0.1) is 13.1 Å². The van der Waals surface area contributed by atoms with Gasteiger partial charge in [-0.25, -0.2) is 5.84 Å². The first-order chi connectivity index (χ1) is 7.15. The molecule has 8 heteroatoms. The molecular formula is C7H14N6OS. The lowest BCUT2D eigenvalue weighted by Gasteiger charge is -2.15. The van der Waals surface area contributed by atoms with E-state index in [2.05, 4.69) is 15.6 Å². The van der Waals surface area contributed by atoms with Crippen molar-refractivity contribution in [3.05, 3.63) is 5.01 Å². The first-order valence-electron chi connectivity index (χ1n) is 4.45. The summed E-state index contributed by atoms with van der Waals surface area (Å²) in [4.78, 5) is 12.6. The van der Waals surface area contributed by atoms with Gasteiger partial charge in [0.2, 0.25) is 11.0 Å². The van der Waals surface area contributed by atoms with Crippen LogP contribution in [0, 0.1) is 0 Å². The topological polar surface area (TPSA) is 110 Å². The van der Waals surface area contributed by atoms with Crippen molar-refractivity contribution in [3.63, 3.8) is 0 Å². The van der Waals surface area contributed by atoms with Gasteiger partial charge in [-0.15, -0.1) is 10.2 Å². The summed E-state index contributed by atoms with van der Waals surface area (Å²) in [6, 6.07) is 0. The predicted molar refractivity (Wildman–Crippen MR) is 57.9 cm³/mol. The van der Waals surface area contributed by atoms with Gasteiger partial charge in [-0.2, -0.15) is 0 Å². The van der Waals surface area contributed by atoms with Crippen molar-refractivity contribution in [2.75, 3.05) is 18.5 Å². The first kappa shape index (κ1) is 11.8. The van der Waals surface area contributed by atoms with Crippen molar-refractivity contribution in [3.8, 4) is 0 Å². The van der Waals surface area contributed by atoms with Crippen molar-refractivity contribution in [2.24, 2.45) is 11.6 Å². The lowest BCUT2D eigenvalue weighted by atomic mass is 10.4. The maximum absolute atomic E-state index is 10.7. The molecule has 1 amide bonds. The number of likely N-dealkylation sites (N-methyl/N-ethyl adjacent to an activating group) is 1. The summed E-state index contributed by atoms with van der Waals surface area (Å²) in [5.74, 6) is 4.83. The number of carbonyl (C=O) groups is 1. The van der Waals surface area contributed by atoms with Crippen molar-refractivity contribution >= 4 is 22.4 Å². The van der Waals surface area contributed by atoms with Crippen LogP contribution in [0.1, 0.15) is 11.9 Å². The van der Waals surface area contributed by atoms with Gasteiger partial charge >= 0.3 is 0 Å². The Hall–Kier alpha value is -1.25. The van der Waals surface area contributed by atoms with Gasteiger partial charge < -0.3 is 5.73 Å². The molecule has 5 N–H and O–H groups in total. The number of carbonyl (C=O) groups excluding carboxylic acids is 1. The van der Waals surface area contributed by atoms with Crippen molar-refractivity contribution in [1.29, 1.82) is 0 Å². The average molecular weight is 230 g/mol. The van der Waals surface area contributed by atoms with Gasteiger partial charge in [0.25, 0.3) is 0 Å². The number of amides is 1. The first-order valence-corrected chi connectivity index (χ1v) is 5.27. The molecule has 1 aromatic rings. The molecule has 0 atom stereocenters. The Morgan fingerprint density at radius 3 is 2.80 bits per heavy atom. The molecule has 0 aliphatic rings. The summed E-state index contributed by atoms with van der Waals surface area (Å²) in [7, 11) is 0. The molecule has 15 heavy (non-hydrogen) atoms. The van der Waals surface area contributed by atoms with E-state index in [1.807, 2.05) is 11.8 Å². The summed E-state index contributed by atoms with van der Waals surface area (Å²) in [6.07, 6.45) is 0. The van der Waals surface area contributed by atoms with Crippen LogP contribution in [0.5, 0.6) is 0 Å². The molecule has 84 valence electrons. The molecule has 0 saturated carbocycles. The molecule has 1 aromatic heterocycles. The van der Waals surface area contributed by atoms with Gasteiger partial charge in [-0.1, -0.05) is 18.3 Å². The quantitative estimate of drug-likeness (QED) is 0.433. The van der Waals surface area contributed by atoms with Crippen LogP contribution in [0.25, 0.3) is 0 Å². The summed E-state index contributed by atoms with van der Waals surface area (Å²) >= 11 is 1.35. The van der Waals surface area contributed by atoms with E-state index in [9.17, 15) is 4.79 Å². The minimum Gasteiger partial charge on any atom is -0.369 e. The van der Waals surface area contributed by atoms with Crippen molar-refractivity contribution in [1.82, 2.24) is 15.1 Å². The molecule has 0 saturated heterocycles. The number of rotatable bonds is 6. The van der Waals surface area contributed by atoms with Crippen molar-refractivity contribution in [2.45, 2.75) is 13.5 Å². The number of nitrogen functional groups attached to an aromatic ring is 1. The Bertz CT molecular complexity index is 327. The smallest absolute Gasteiger partial charge is 0.231 e. The zero-order valence-corrected chi connectivity index (χ0v) is 9.25. The fourth-order valence-electron chi connectivity index (χ4n) is 1.07. The Balaban J connectivity index is 2.54. The lowest BCUT2D eigenvalue weighted by molar-refractivity contribution is -0.119. The Morgan fingerprint density at radius 2 is 2.33 bits per heavy atom. The molecule has 0 aliphatic heterocycles. The highest BCUT2D eigenvalue weighted by atomic mass is 32.1. The van der Waals surface area contributed by atoms with E-state index in [-0.39, 0.29) is 12.5 Å². The van der Waals surface area contributed by atoms with Gasteiger partial charge in [0.1, 0.15) is 5.01 Å². The number of nitrogens with zero attached hydrogens (tertiary/aromatic N) is 3. The van der Waals surface area contributed by atoms with E-state index >= 15 is 0 Å². The molecule has 0 fully saturated rings. The standard InChI is InChI=1S/C7H14N6OS/c1-2-13(3-5(8)14)4-6-11-12-7(10-9)15-6/h2-4,9H2,1H3,(H2,8,14)(H,10,12). The number of primary amides is 1. The highest BCUT2D eigenvalue weighted by Crippen LogP contribution is 2.15. The Labute approximate surface area is 91.4 Å². The second-order valence-corrected chi connectivity index (χ2v) is 3.98. The van der Waals surface area contributed by atoms with Crippen LogP contribution in [-0.2, 0) is 11.3 Å². The molecule has 0 aromatic carbocycles. The molecule has 0 radical (unpaired) electrons. The van der Waals surface area contributed by atoms with Gasteiger partial charge in [-0.3, -0.25) is 15.1 Å². The average Bonchev–Trinajstić information content (AvgIpc) is 2.64. The van der Waals surface area contributed by atoms with Crippen LogP contribution in [0.15, 0.2) is 0 Å². The Kier molecular flexibility index (Phi) is 4.40. The zero-order chi connectivity index (χ0) is 11.3. The van der Waals surface area contributed by atoms with Crippen LogP contribution in [0.4, 0.5) is 5.13 Å². The SMILES string of the molecule is CCN(CC(N)=O)Cc1nnc(NN)s1. The normalized spacial score (nSPS) is 10.6. The fourth-order valence-corrected chi connectivity index (χ4v) is 1.76. The monoisotopic (exact) mass is 230 g/mol. The molecule has 0 unspecified atom stereocenters. The van der Waals surface area contributed by atoms with E-state index < -0.39 is 0 Å². The van der Waals surface area contributed by atoms with Gasteiger partial charge in [0, 0.05) is 0 Å². The summed E-state index contributed by atoms with van der Waals surface area (Å²) < 4.78 is 0. The number of anilines is 1. The third-order valence-corrected chi connectivity index (χ3v) is 2.62. The van der Waals surface area contributed by atoms with Gasteiger partial charge in [0.15, 0.2) is 0 Å². The van der Waals surface area contributed by atoms with Crippen LogP contribution in [0.3, 0.4) is 0 Å². The van der Waals surface area contributed by atoms with Gasteiger partial charge in [-0.05, 0) is 6.54 Å². The highest BCUT2D eigenvalue weighted by Gasteiger charge is 2.10. The fraction of sp³-hybridized carbons (Fsp3) is 0.571. The third-order valence-electron chi connectivity index (χ3n) is 1.78. The lowest BCUT2D eigenvalue weighted by Crippen LogP contribution is -2.33. The van der Waals surface area contributed by atoms with E-state index in [1.165, 1.54) is 11.3 Å². The van der Waals surface area contributed by atoms with Crippen LogP contribution in [-0.4, -0.2) is 34.1 Å². The second-order valence-electron chi connectivity index (χ2n) is 2.91. The molecule has 1 heterocycles. The minimum absolute atomic E-state index is 0.224. The number of hydrogen-bond acceptors (Lipinski definition) is 7. The number of nitrogens with one attached hydrogen (secondary N) is 1. The number of aromatic nitrogens is 2. The number of hydrogen-bond donors (Lipinski definition) is 3. The molecular weight excluding hydrogens is 216 g/mol. The maximum atomic E-state index is 10.7. The molecule has 0 spiro atoms. The second kappa shape index (κ2) is 5.59.